The van der Waals surface area contributed by atoms with Crippen LogP contribution in [-0.2, 0) is 6.54 Å². The average molecular weight is 262 g/mol. The maximum Gasteiger partial charge on any atom is 0.0346 e. The molecule has 0 radical (unpaired) electrons. The zero-order chi connectivity index (χ0) is 13.0. The van der Waals surface area contributed by atoms with Crippen molar-refractivity contribution in [2.45, 2.75) is 39.4 Å². The predicted octanol–water partition coefficient (Wildman–Crippen LogP) is 3.38. The number of nitrogens with one attached hydrogen (secondary N) is 2. The number of rotatable bonds is 6. The van der Waals surface area contributed by atoms with E-state index in [1.54, 1.807) is 0 Å². The molecular formula is C15H22N2S. The van der Waals surface area contributed by atoms with Gasteiger partial charge in [-0.05, 0) is 24.4 Å². The fourth-order valence-electron chi connectivity index (χ4n) is 1.88. The minimum atomic E-state index is 0.498. The summed E-state index contributed by atoms with van der Waals surface area (Å²) in [4.78, 5) is 1.41. The first-order chi connectivity index (χ1) is 8.65. The molecule has 1 aromatic heterocycles. The van der Waals surface area contributed by atoms with Gasteiger partial charge in [-0.2, -0.15) is 0 Å². The van der Waals surface area contributed by atoms with Crippen LogP contribution < -0.4 is 10.6 Å². The number of benzene rings is 1. The van der Waals surface area contributed by atoms with Crippen molar-refractivity contribution < 1.29 is 0 Å². The van der Waals surface area contributed by atoms with E-state index in [1.807, 2.05) is 11.3 Å². The van der Waals surface area contributed by atoms with Gasteiger partial charge in [0.2, 0.25) is 0 Å². The van der Waals surface area contributed by atoms with Crippen LogP contribution in [0.1, 0.15) is 25.6 Å². The highest BCUT2D eigenvalue weighted by Gasteiger charge is 2.04. The Labute approximate surface area is 113 Å². The second-order valence-corrected chi connectivity index (χ2v) is 6.26. The lowest BCUT2D eigenvalue weighted by Gasteiger charge is -2.15. The molecule has 2 nitrogen and oxygen atoms in total. The van der Waals surface area contributed by atoms with Gasteiger partial charge >= 0.3 is 0 Å². The van der Waals surface area contributed by atoms with Gasteiger partial charge in [-0.3, -0.25) is 0 Å². The van der Waals surface area contributed by atoms with Crippen LogP contribution in [0.5, 0.6) is 0 Å². The van der Waals surface area contributed by atoms with Crippen LogP contribution in [-0.4, -0.2) is 18.6 Å². The lowest BCUT2D eigenvalue weighted by Crippen LogP contribution is -2.38. The number of fused-ring (bicyclic) bond motifs is 1. The molecule has 1 heterocycles. The van der Waals surface area contributed by atoms with E-state index in [0.717, 1.165) is 13.1 Å². The highest BCUT2D eigenvalue weighted by atomic mass is 32.1. The quantitative estimate of drug-likeness (QED) is 0.834. The topological polar surface area (TPSA) is 24.1 Å². The maximum atomic E-state index is 3.56. The summed E-state index contributed by atoms with van der Waals surface area (Å²) < 4.78 is 1.38. The highest BCUT2D eigenvalue weighted by molar-refractivity contribution is 7.19. The Bertz CT molecular complexity index is 457. The lowest BCUT2D eigenvalue weighted by molar-refractivity contribution is 0.475. The zero-order valence-corrected chi connectivity index (χ0v) is 12.2. The monoisotopic (exact) mass is 262 g/mol. The average Bonchev–Trinajstić information content (AvgIpc) is 2.76. The van der Waals surface area contributed by atoms with Crippen LogP contribution in [0.3, 0.4) is 0 Å². The molecule has 1 atom stereocenters. The van der Waals surface area contributed by atoms with Crippen LogP contribution >= 0.6 is 11.3 Å². The smallest absolute Gasteiger partial charge is 0.0346 e. The summed E-state index contributed by atoms with van der Waals surface area (Å²) in [5, 5.41) is 8.37. The molecule has 0 saturated carbocycles. The molecule has 18 heavy (non-hydrogen) atoms. The first-order valence-corrected chi connectivity index (χ1v) is 7.41. The van der Waals surface area contributed by atoms with Crippen molar-refractivity contribution in [3.63, 3.8) is 0 Å². The summed E-state index contributed by atoms with van der Waals surface area (Å²) in [7, 11) is 0. The fourth-order valence-corrected chi connectivity index (χ4v) is 2.90. The van der Waals surface area contributed by atoms with Crippen molar-refractivity contribution in [1.82, 2.24) is 10.6 Å². The summed E-state index contributed by atoms with van der Waals surface area (Å²) in [5.74, 6) is 0. The summed E-state index contributed by atoms with van der Waals surface area (Å²) >= 11 is 1.88. The van der Waals surface area contributed by atoms with Crippen molar-refractivity contribution in [2.24, 2.45) is 0 Å². The van der Waals surface area contributed by atoms with Gasteiger partial charge in [0.1, 0.15) is 0 Å². The van der Waals surface area contributed by atoms with Crippen LogP contribution in [0, 0.1) is 0 Å². The SMILES string of the molecule is CC(C)NCC(C)NCc1cc2ccccc2s1. The summed E-state index contributed by atoms with van der Waals surface area (Å²) in [5.41, 5.74) is 0. The van der Waals surface area contributed by atoms with Gasteiger partial charge in [0, 0.05) is 34.8 Å². The molecule has 0 aliphatic carbocycles. The molecule has 0 aliphatic rings. The van der Waals surface area contributed by atoms with Crippen LogP contribution in [0.2, 0.25) is 0 Å². The number of hydrogen-bond acceptors (Lipinski definition) is 3. The van der Waals surface area contributed by atoms with Gasteiger partial charge in [0.15, 0.2) is 0 Å². The van der Waals surface area contributed by atoms with Gasteiger partial charge in [0.05, 0.1) is 0 Å². The Morgan fingerprint density at radius 1 is 1.11 bits per heavy atom. The highest BCUT2D eigenvalue weighted by Crippen LogP contribution is 2.24. The van der Waals surface area contributed by atoms with E-state index in [2.05, 4.69) is 61.7 Å². The Morgan fingerprint density at radius 2 is 1.89 bits per heavy atom. The van der Waals surface area contributed by atoms with Gasteiger partial charge < -0.3 is 10.6 Å². The Hall–Kier alpha value is -0.900. The lowest BCUT2D eigenvalue weighted by atomic mass is 10.2. The molecule has 2 aromatic rings. The third-order valence-corrected chi connectivity index (χ3v) is 4.05. The molecule has 1 aromatic carbocycles. The van der Waals surface area contributed by atoms with E-state index >= 15 is 0 Å². The van der Waals surface area contributed by atoms with Crippen LogP contribution in [0.4, 0.5) is 0 Å². The van der Waals surface area contributed by atoms with E-state index in [4.69, 9.17) is 0 Å². The molecule has 0 spiro atoms. The summed E-state index contributed by atoms with van der Waals surface area (Å²) in [6.45, 7) is 8.56. The normalized spacial score (nSPS) is 13.3. The van der Waals surface area contributed by atoms with Gasteiger partial charge in [-0.25, -0.2) is 0 Å². The third-order valence-electron chi connectivity index (χ3n) is 2.93. The molecule has 0 amide bonds. The van der Waals surface area contributed by atoms with Gasteiger partial charge in [-0.1, -0.05) is 32.0 Å². The molecule has 2 N–H and O–H groups in total. The largest absolute Gasteiger partial charge is 0.313 e. The molecular weight excluding hydrogens is 240 g/mol. The molecule has 0 saturated heterocycles. The minimum Gasteiger partial charge on any atom is -0.313 e. The van der Waals surface area contributed by atoms with Crippen molar-refractivity contribution >= 4 is 21.4 Å². The molecule has 0 aliphatic heterocycles. The van der Waals surface area contributed by atoms with Crippen molar-refractivity contribution in [2.75, 3.05) is 6.54 Å². The molecule has 0 fully saturated rings. The number of hydrogen-bond donors (Lipinski definition) is 2. The van der Waals surface area contributed by atoms with E-state index in [1.165, 1.54) is 15.0 Å². The molecule has 0 bridgehead atoms. The molecule has 3 heteroatoms. The van der Waals surface area contributed by atoms with Crippen molar-refractivity contribution in [3.8, 4) is 0 Å². The van der Waals surface area contributed by atoms with Gasteiger partial charge in [-0.15, -0.1) is 11.3 Å². The van der Waals surface area contributed by atoms with E-state index < -0.39 is 0 Å². The molecule has 98 valence electrons. The minimum absolute atomic E-state index is 0.498. The first-order valence-electron chi connectivity index (χ1n) is 6.59. The summed E-state index contributed by atoms with van der Waals surface area (Å²) in [6.07, 6.45) is 0. The van der Waals surface area contributed by atoms with Crippen molar-refractivity contribution in [1.29, 1.82) is 0 Å². The Balaban J connectivity index is 1.86. The van der Waals surface area contributed by atoms with Crippen LogP contribution in [0.25, 0.3) is 10.1 Å². The fraction of sp³-hybridized carbons (Fsp3) is 0.467. The van der Waals surface area contributed by atoms with E-state index in [0.29, 0.717) is 12.1 Å². The second-order valence-electron chi connectivity index (χ2n) is 5.10. The number of thiophene rings is 1. The molecule has 2 rings (SSSR count). The van der Waals surface area contributed by atoms with E-state index in [9.17, 15) is 0 Å². The standard InChI is InChI=1S/C15H22N2S/c1-11(2)16-9-12(3)17-10-14-8-13-6-4-5-7-15(13)18-14/h4-8,11-12,16-17H,9-10H2,1-3H3. The Kier molecular flexibility index (Phi) is 4.75. The molecule has 1 unspecified atom stereocenters. The van der Waals surface area contributed by atoms with E-state index in [-0.39, 0.29) is 0 Å². The van der Waals surface area contributed by atoms with Crippen LogP contribution in [0.15, 0.2) is 30.3 Å². The predicted molar refractivity (Wildman–Crippen MR) is 81.3 cm³/mol. The first kappa shape index (κ1) is 13.5. The Morgan fingerprint density at radius 3 is 2.61 bits per heavy atom. The zero-order valence-electron chi connectivity index (χ0n) is 11.4. The van der Waals surface area contributed by atoms with Gasteiger partial charge in [0.25, 0.3) is 0 Å². The third kappa shape index (κ3) is 3.80. The second kappa shape index (κ2) is 6.32. The summed E-state index contributed by atoms with van der Waals surface area (Å²) in [6, 6.07) is 11.9. The maximum absolute atomic E-state index is 3.56. The van der Waals surface area contributed by atoms with Crippen molar-refractivity contribution in [3.05, 3.63) is 35.2 Å².